The molecule has 0 bridgehead atoms. The summed E-state index contributed by atoms with van der Waals surface area (Å²) in [5.74, 6) is -3.19. The number of halogens is 1. The summed E-state index contributed by atoms with van der Waals surface area (Å²) in [6.07, 6.45) is 3.96. The molecule has 2 saturated carbocycles. The van der Waals surface area contributed by atoms with Gasteiger partial charge in [-0.25, -0.2) is 22.6 Å². The van der Waals surface area contributed by atoms with Crippen LogP contribution in [-0.2, 0) is 24.4 Å². The van der Waals surface area contributed by atoms with Crippen molar-refractivity contribution in [1.82, 2.24) is 25.2 Å². The third kappa shape index (κ3) is 9.12. The second kappa shape index (κ2) is 16.8. The lowest BCUT2D eigenvalue weighted by Crippen LogP contribution is -2.59. The Hall–Kier alpha value is -5.45. The number of carbonyl (C=O) groups excluding carboxylic acids is 3. The first kappa shape index (κ1) is 43.6. The second-order valence-corrected chi connectivity index (χ2v) is 19.8. The minimum atomic E-state index is -4.06. The fraction of sp³-hybridized carbons (Fsp3) is 0.523. The van der Waals surface area contributed by atoms with Crippen LogP contribution in [0.5, 0.6) is 17.4 Å². The number of amides is 4. The van der Waals surface area contributed by atoms with E-state index in [1.54, 1.807) is 32.0 Å². The van der Waals surface area contributed by atoms with E-state index in [0.29, 0.717) is 59.9 Å². The van der Waals surface area contributed by atoms with Gasteiger partial charge in [0.1, 0.15) is 29.5 Å². The van der Waals surface area contributed by atoms with Crippen molar-refractivity contribution >= 4 is 44.6 Å². The van der Waals surface area contributed by atoms with Gasteiger partial charge in [0, 0.05) is 23.3 Å². The number of hydrogen-bond acceptors (Lipinski definition) is 10. The highest BCUT2D eigenvalue weighted by Crippen LogP contribution is 2.48. The number of hydrogen-bond donors (Lipinski definition) is 4. The molecule has 15 nitrogen and oxygen atoms in total. The Morgan fingerprint density at radius 1 is 1.08 bits per heavy atom. The standard InChI is InChI=1S/C44H54FN5O10S/c1-24(2)59-30-13-11-27(12-14-30)34-18-28-19-36(58-6)33(45)21-32(28)39(46-34)60-31-20-35-38(51)48-44(41(53)49-61(56,57)43(5)15-16-43)22-29(44)10-8-7-9-25(3)17-26(4)37(47-42(54)55)40(52)50(35)23-31/h8,10-14,18-19,21,24-26,29,31,35,37,47H,7,9,15-17,20,22-23H2,1-6H3,(H,48,51)(H,49,53)(H,54,55)/b10-8-/t25-,26+,29+,31+,35-,37-,44+/m0/s1. The summed E-state index contributed by atoms with van der Waals surface area (Å²) in [6.45, 7) is 8.99. The maximum Gasteiger partial charge on any atom is 0.405 e. The van der Waals surface area contributed by atoms with Gasteiger partial charge in [0.25, 0.3) is 5.91 Å². The van der Waals surface area contributed by atoms with Crippen LogP contribution in [0.1, 0.15) is 79.6 Å². The number of nitrogens with zero attached hydrogens (tertiary/aromatic N) is 2. The fourth-order valence-electron chi connectivity index (χ4n) is 8.48. The molecule has 0 radical (unpaired) electrons. The molecule has 7 atom stereocenters. The lowest BCUT2D eigenvalue weighted by atomic mass is 9.88. The highest BCUT2D eigenvalue weighted by atomic mass is 32.2. The Bertz CT molecular complexity index is 2350. The summed E-state index contributed by atoms with van der Waals surface area (Å²) in [5.41, 5.74) is -0.450. The molecule has 17 heteroatoms. The van der Waals surface area contributed by atoms with Gasteiger partial charge in [0.05, 0.1) is 30.2 Å². The summed E-state index contributed by atoms with van der Waals surface area (Å²) in [4.78, 5) is 61.4. The van der Waals surface area contributed by atoms with Gasteiger partial charge in [-0.2, -0.15) is 0 Å². The number of pyridine rings is 1. The van der Waals surface area contributed by atoms with Crippen LogP contribution in [0.3, 0.4) is 0 Å². The van der Waals surface area contributed by atoms with Gasteiger partial charge in [-0.15, -0.1) is 0 Å². The van der Waals surface area contributed by atoms with Crippen molar-refractivity contribution in [3.63, 3.8) is 0 Å². The van der Waals surface area contributed by atoms with Crippen LogP contribution in [0.4, 0.5) is 9.18 Å². The Labute approximate surface area is 354 Å². The smallest absolute Gasteiger partial charge is 0.405 e. The average Bonchev–Trinajstić information content (AvgIpc) is 4.08. The molecular weight excluding hydrogens is 810 g/mol. The molecule has 2 aliphatic heterocycles. The number of sulfonamides is 1. The minimum Gasteiger partial charge on any atom is -0.494 e. The van der Waals surface area contributed by atoms with Gasteiger partial charge < -0.3 is 34.9 Å². The van der Waals surface area contributed by atoms with Crippen molar-refractivity contribution in [3.05, 3.63) is 60.4 Å². The van der Waals surface area contributed by atoms with Crippen molar-refractivity contribution < 1.29 is 51.3 Å². The molecule has 7 rings (SSSR count). The minimum absolute atomic E-state index is 0.00375. The molecule has 2 aromatic carbocycles. The number of allylic oxidation sites excluding steroid dienone is 1. The predicted octanol–water partition coefficient (Wildman–Crippen LogP) is 5.71. The molecule has 3 heterocycles. The molecule has 3 aromatic rings. The SMILES string of the molecule is COc1cc2cc(-c3ccc(OC(C)C)cc3)nc(O[C@@H]3C[C@H]4C(=O)N[C@]5(C(=O)NS(=O)(=O)C6(C)CC6)C[C@H]5/C=C\CC[C@H](C)C[C@@H](C)[C@H](NC(=O)O)C(=O)N4C3)c2cc1F. The molecule has 2 aliphatic carbocycles. The van der Waals surface area contributed by atoms with E-state index in [0.717, 1.165) is 0 Å². The number of nitrogens with one attached hydrogen (secondary N) is 3. The van der Waals surface area contributed by atoms with Crippen molar-refractivity contribution in [3.8, 4) is 28.6 Å². The number of aromatic nitrogens is 1. The third-order valence-corrected chi connectivity index (χ3v) is 14.6. The molecule has 4 N–H and O–H groups in total. The third-order valence-electron chi connectivity index (χ3n) is 12.4. The van der Waals surface area contributed by atoms with E-state index in [2.05, 4.69) is 15.4 Å². The van der Waals surface area contributed by atoms with Crippen LogP contribution in [0, 0.1) is 23.6 Å². The Balaban J connectivity index is 1.26. The van der Waals surface area contributed by atoms with E-state index in [-0.39, 0.29) is 43.0 Å². The molecule has 61 heavy (non-hydrogen) atoms. The van der Waals surface area contributed by atoms with Gasteiger partial charge in [-0.1, -0.05) is 26.0 Å². The number of benzene rings is 2. The van der Waals surface area contributed by atoms with Gasteiger partial charge in [-0.05, 0) is 119 Å². The van der Waals surface area contributed by atoms with Crippen LogP contribution in [0.2, 0.25) is 0 Å². The maximum absolute atomic E-state index is 15.3. The largest absolute Gasteiger partial charge is 0.494 e. The molecule has 4 aliphatic rings. The van der Waals surface area contributed by atoms with E-state index in [1.807, 2.05) is 45.1 Å². The zero-order valence-electron chi connectivity index (χ0n) is 35.2. The summed E-state index contributed by atoms with van der Waals surface area (Å²) in [7, 11) is -2.71. The van der Waals surface area contributed by atoms with E-state index in [1.165, 1.54) is 24.1 Å². The first-order valence-corrected chi connectivity index (χ1v) is 22.3. The monoisotopic (exact) mass is 863 g/mol. The maximum atomic E-state index is 15.3. The predicted molar refractivity (Wildman–Crippen MR) is 224 cm³/mol. The second-order valence-electron chi connectivity index (χ2n) is 17.6. The first-order chi connectivity index (χ1) is 28.8. The number of fused-ring (bicyclic) bond motifs is 3. The van der Waals surface area contributed by atoms with E-state index < -0.39 is 80.0 Å². The number of rotatable bonds is 10. The number of carbonyl (C=O) groups is 4. The van der Waals surface area contributed by atoms with Crippen LogP contribution in [0.25, 0.3) is 22.0 Å². The van der Waals surface area contributed by atoms with Crippen LogP contribution >= 0.6 is 0 Å². The Morgan fingerprint density at radius 2 is 1.80 bits per heavy atom. The zero-order valence-corrected chi connectivity index (χ0v) is 36.0. The van der Waals surface area contributed by atoms with Gasteiger partial charge >= 0.3 is 6.09 Å². The topological polar surface area (TPSA) is 203 Å². The Kier molecular flexibility index (Phi) is 12.0. The zero-order chi connectivity index (χ0) is 44.0. The van der Waals surface area contributed by atoms with E-state index >= 15 is 4.39 Å². The Morgan fingerprint density at radius 3 is 2.46 bits per heavy atom. The molecule has 328 valence electrons. The number of ether oxygens (including phenoxy) is 3. The molecular formula is C44H54FN5O10S. The van der Waals surface area contributed by atoms with E-state index in [4.69, 9.17) is 19.2 Å². The summed E-state index contributed by atoms with van der Waals surface area (Å²) in [5, 5.41) is 16.0. The van der Waals surface area contributed by atoms with Crippen molar-refractivity contribution in [2.45, 2.75) is 114 Å². The highest BCUT2D eigenvalue weighted by molar-refractivity contribution is 7.91. The fourth-order valence-corrected chi connectivity index (χ4v) is 9.79. The molecule has 1 saturated heterocycles. The van der Waals surface area contributed by atoms with Crippen molar-refractivity contribution in [1.29, 1.82) is 0 Å². The lowest BCUT2D eigenvalue weighted by molar-refractivity contribution is -0.142. The normalized spacial score (nSPS) is 28.0. The molecule has 3 fully saturated rings. The highest BCUT2D eigenvalue weighted by Gasteiger charge is 2.63. The van der Waals surface area contributed by atoms with Crippen LogP contribution in [-0.4, -0.2) is 95.5 Å². The summed E-state index contributed by atoms with van der Waals surface area (Å²) in [6, 6.07) is 9.26. The van der Waals surface area contributed by atoms with Crippen molar-refractivity contribution in [2.75, 3.05) is 13.7 Å². The lowest BCUT2D eigenvalue weighted by Gasteiger charge is -2.32. The van der Waals surface area contributed by atoms with Gasteiger partial charge in [-0.3, -0.25) is 19.1 Å². The van der Waals surface area contributed by atoms with Crippen molar-refractivity contribution in [2.24, 2.45) is 17.8 Å². The van der Waals surface area contributed by atoms with Crippen LogP contribution < -0.4 is 29.6 Å². The number of methoxy groups -OCH3 is 1. The molecule has 4 amide bonds. The van der Waals surface area contributed by atoms with Gasteiger partial charge in [0.2, 0.25) is 27.7 Å². The molecule has 0 unspecified atom stereocenters. The summed E-state index contributed by atoms with van der Waals surface area (Å²) >= 11 is 0. The van der Waals surface area contributed by atoms with Gasteiger partial charge in [0.15, 0.2) is 11.6 Å². The number of carboxylic acid groups (broad SMARTS) is 1. The molecule has 1 aromatic heterocycles. The van der Waals surface area contributed by atoms with E-state index in [9.17, 15) is 32.7 Å². The molecule has 0 spiro atoms. The first-order valence-electron chi connectivity index (χ1n) is 20.8. The van der Waals surface area contributed by atoms with Crippen LogP contribution in [0.15, 0.2) is 54.6 Å². The summed E-state index contributed by atoms with van der Waals surface area (Å²) < 4.78 is 60.6. The average molecular weight is 864 g/mol. The quantitative estimate of drug-likeness (QED) is 0.182.